The van der Waals surface area contributed by atoms with Crippen LogP contribution in [0.1, 0.15) is 34.8 Å². The van der Waals surface area contributed by atoms with Crippen molar-refractivity contribution in [3.8, 4) is 22.8 Å². The van der Waals surface area contributed by atoms with Gasteiger partial charge in [-0.2, -0.15) is 4.39 Å². The number of nitrogens with zero attached hydrogens (tertiary/aromatic N) is 8. The maximum absolute atomic E-state index is 12.7. The van der Waals surface area contributed by atoms with E-state index in [9.17, 15) is 14.0 Å². The number of hydrogen-bond acceptors (Lipinski definition) is 12. The Bertz CT molecular complexity index is 1670. The molecule has 0 radical (unpaired) electrons. The van der Waals surface area contributed by atoms with Gasteiger partial charge in [0.05, 0.1) is 13.2 Å². The Labute approximate surface area is 238 Å². The summed E-state index contributed by atoms with van der Waals surface area (Å²) in [6.07, 6.45) is 3.38. The standard InChI is InChI=1S/C12H9ClN4O2S.C12H9FN4O2S/c2*1-2-19-11(18)9-6-20-12-14-8(5-17(9)12)7-3-4-10(13)16-15-7/h2*3-6H,2H2,1H3. The lowest BCUT2D eigenvalue weighted by molar-refractivity contribution is 0.0509. The van der Waals surface area contributed by atoms with Gasteiger partial charge in [0.1, 0.15) is 34.2 Å². The molecule has 0 bridgehead atoms. The minimum Gasteiger partial charge on any atom is -0.461 e. The van der Waals surface area contributed by atoms with Gasteiger partial charge in [-0.3, -0.25) is 8.80 Å². The molecule has 0 N–H and O–H groups in total. The van der Waals surface area contributed by atoms with Crippen molar-refractivity contribution in [1.82, 2.24) is 39.2 Å². The maximum Gasteiger partial charge on any atom is 0.356 e. The first-order valence-corrected chi connectivity index (χ1v) is 13.8. The van der Waals surface area contributed by atoms with E-state index in [0.717, 1.165) is 0 Å². The summed E-state index contributed by atoms with van der Waals surface area (Å²) in [7, 11) is 0. The average Bonchev–Trinajstić information content (AvgIpc) is 3.71. The van der Waals surface area contributed by atoms with E-state index in [2.05, 4.69) is 30.4 Å². The zero-order valence-electron chi connectivity index (χ0n) is 20.8. The monoisotopic (exact) mass is 600 g/mol. The van der Waals surface area contributed by atoms with Crippen molar-refractivity contribution in [1.29, 1.82) is 0 Å². The molecule has 0 unspecified atom stereocenters. The largest absolute Gasteiger partial charge is 0.461 e. The van der Waals surface area contributed by atoms with Crippen LogP contribution in [0.2, 0.25) is 5.15 Å². The number of ether oxygens (including phenoxy) is 2. The van der Waals surface area contributed by atoms with E-state index >= 15 is 0 Å². The second-order valence-corrected chi connectivity index (χ2v) is 9.78. The lowest BCUT2D eigenvalue weighted by Crippen LogP contribution is -2.06. The molecular weight excluding hydrogens is 583 g/mol. The summed E-state index contributed by atoms with van der Waals surface area (Å²) in [5.74, 6) is -1.43. The Balaban J connectivity index is 0.000000161. The zero-order chi connectivity index (χ0) is 28.2. The van der Waals surface area contributed by atoms with E-state index in [-0.39, 0.29) is 5.97 Å². The van der Waals surface area contributed by atoms with Crippen LogP contribution in [0.25, 0.3) is 32.7 Å². The van der Waals surface area contributed by atoms with Crippen LogP contribution in [0, 0.1) is 5.95 Å². The van der Waals surface area contributed by atoms with Crippen molar-refractivity contribution in [3.05, 3.63) is 69.9 Å². The molecule has 0 saturated heterocycles. The predicted molar refractivity (Wildman–Crippen MR) is 145 cm³/mol. The molecule has 0 saturated carbocycles. The number of fused-ring (bicyclic) bond motifs is 2. The Morgan fingerprint density at radius 1 is 0.775 bits per heavy atom. The number of imidazole rings is 2. The van der Waals surface area contributed by atoms with Crippen molar-refractivity contribution >= 4 is 56.1 Å². The number of carbonyl (C=O) groups excluding carboxylic acids is 2. The number of halogens is 2. The summed E-state index contributed by atoms with van der Waals surface area (Å²) in [5.41, 5.74) is 3.05. The third kappa shape index (κ3) is 5.66. The Morgan fingerprint density at radius 3 is 1.70 bits per heavy atom. The fraction of sp³-hybridized carbons (Fsp3) is 0.167. The summed E-state index contributed by atoms with van der Waals surface area (Å²) < 4.78 is 26.0. The van der Waals surface area contributed by atoms with Gasteiger partial charge in [-0.1, -0.05) is 11.6 Å². The molecule has 0 spiro atoms. The molecule has 0 aliphatic rings. The highest BCUT2D eigenvalue weighted by Gasteiger charge is 2.18. The van der Waals surface area contributed by atoms with E-state index in [1.807, 2.05) is 0 Å². The molecule has 6 aromatic rings. The van der Waals surface area contributed by atoms with Gasteiger partial charge in [0.2, 0.25) is 5.95 Å². The molecule has 6 heterocycles. The molecule has 0 fully saturated rings. The van der Waals surface area contributed by atoms with E-state index in [1.54, 1.807) is 57.9 Å². The molecule has 40 heavy (non-hydrogen) atoms. The van der Waals surface area contributed by atoms with Gasteiger partial charge in [-0.25, -0.2) is 19.6 Å². The summed E-state index contributed by atoms with van der Waals surface area (Å²) in [4.78, 5) is 33.6. The summed E-state index contributed by atoms with van der Waals surface area (Å²) in [6.45, 7) is 4.15. The van der Waals surface area contributed by atoms with Crippen LogP contribution < -0.4 is 0 Å². The molecule has 0 aliphatic heterocycles. The Kier molecular flexibility index (Phi) is 8.04. The third-order valence-electron chi connectivity index (χ3n) is 5.18. The predicted octanol–water partition coefficient (Wildman–Crippen LogP) is 4.85. The van der Waals surface area contributed by atoms with E-state index in [1.165, 1.54) is 34.8 Å². The van der Waals surface area contributed by atoms with E-state index in [4.69, 9.17) is 21.1 Å². The van der Waals surface area contributed by atoms with Crippen molar-refractivity contribution in [2.24, 2.45) is 0 Å². The Hall–Kier alpha value is -4.34. The molecule has 6 aromatic heterocycles. The number of carbonyl (C=O) groups is 2. The van der Waals surface area contributed by atoms with Crippen molar-refractivity contribution in [2.45, 2.75) is 13.8 Å². The second-order valence-electron chi connectivity index (χ2n) is 7.72. The van der Waals surface area contributed by atoms with Crippen LogP contribution in [0.15, 0.2) is 47.4 Å². The number of rotatable bonds is 6. The first-order valence-electron chi connectivity index (χ1n) is 11.6. The molecule has 204 valence electrons. The minimum absolute atomic E-state index is 0.307. The highest BCUT2D eigenvalue weighted by atomic mass is 35.5. The zero-order valence-corrected chi connectivity index (χ0v) is 23.2. The van der Waals surface area contributed by atoms with Gasteiger partial charge >= 0.3 is 11.9 Å². The first-order chi connectivity index (χ1) is 19.4. The van der Waals surface area contributed by atoms with Gasteiger partial charge in [0.25, 0.3) is 0 Å². The van der Waals surface area contributed by atoms with Crippen LogP contribution >= 0.6 is 34.3 Å². The highest BCUT2D eigenvalue weighted by molar-refractivity contribution is 7.15. The van der Waals surface area contributed by atoms with Crippen molar-refractivity contribution < 1.29 is 23.5 Å². The minimum atomic E-state index is -0.651. The maximum atomic E-state index is 12.7. The Morgan fingerprint density at radius 2 is 1.27 bits per heavy atom. The lowest BCUT2D eigenvalue weighted by atomic mass is 10.3. The third-order valence-corrected chi connectivity index (χ3v) is 7.06. The number of hydrogen-bond donors (Lipinski definition) is 0. The number of esters is 2. The fourth-order valence-electron chi connectivity index (χ4n) is 3.42. The topological polar surface area (TPSA) is 139 Å². The van der Waals surface area contributed by atoms with Crippen LogP contribution in [-0.4, -0.2) is 64.3 Å². The molecule has 0 amide bonds. The van der Waals surface area contributed by atoms with Gasteiger partial charge in [-0.15, -0.1) is 43.1 Å². The molecule has 6 rings (SSSR count). The second kappa shape index (κ2) is 11.8. The fourth-order valence-corrected chi connectivity index (χ4v) is 5.21. The van der Waals surface area contributed by atoms with Crippen molar-refractivity contribution in [3.63, 3.8) is 0 Å². The summed E-state index contributed by atoms with van der Waals surface area (Å²) in [5, 5.41) is 18.5. The summed E-state index contributed by atoms with van der Waals surface area (Å²) in [6, 6.07) is 6.07. The molecule has 0 aromatic carbocycles. The SMILES string of the molecule is CCOC(=O)c1csc2nc(-c3ccc(Cl)nn3)cn12.CCOC(=O)c1csc2nc(-c3ccc(F)nn3)cn12. The number of thiazole rings is 2. The molecule has 0 aliphatic carbocycles. The van der Waals surface area contributed by atoms with Gasteiger partial charge < -0.3 is 9.47 Å². The van der Waals surface area contributed by atoms with Crippen LogP contribution in [-0.2, 0) is 9.47 Å². The van der Waals surface area contributed by atoms with Crippen LogP contribution in [0.4, 0.5) is 4.39 Å². The van der Waals surface area contributed by atoms with Crippen LogP contribution in [0.5, 0.6) is 0 Å². The molecule has 0 atom stereocenters. The van der Waals surface area contributed by atoms with Gasteiger partial charge in [-0.05, 0) is 38.1 Å². The summed E-state index contributed by atoms with van der Waals surface area (Å²) >= 11 is 8.38. The quantitative estimate of drug-likeness (QED) is 0.244. The normalized spacial score (nSPS) is 10.9. The lowest BCUT2D eigenvalue weighted by Gasteiger charge is -1.99. The van der Waals surface area contributed by atoms with E-state index < -0.39 is 11.9 Å². The molecule has 16 heteroatoms. The van der Waals surface area contributed by atoms with E-state index in [0.29, 0.717) is 62.5 Å². The molecule has 12 nitrogen and oxygen atoms in total. The van der Waals surface area contributed by atoms with Crippen LogP contribution in [0.3, 0.4) is 0 Å². The average molecular weight is 601 g/mol. The van der Waals surface area contributed by atoms with Crippen molar-refractivity contribution in [2.75, 3.05) is 13.2 Å². The first kappa shape index (κ1) is 27.2. The van der Waals surface area contributed by atoms with Gasteiger partial charge in [0, 0.05) is 23.2 Å². The molecular formula is C24H18ClFN8O4S2. The smallest absolute Gasteiger partial charge is 0.356 e. The number of aromatic nitrogens is 8. The highest BCUT2D eigenvalue weighted by Crippen LogP contribution is 2.24. The van der Waals surface area contributed by atoms with Gasteiger partial charge in [0.15, 0.2) is 15.1 Å².